The lowest BCUT2D eigenvalue weighted by atomic mass is 9.64. The predicted molar refractivity (Wildman–Crippen MR) is 130 cm³/mol. The number of aromatic nitrogens is 2. The van der Waals surface area contributed by atoms with Crippen LogP contribution in [-0.4, -0.2) is 40.8 Å². The van der Waals surface area contributed by atoms with Gasteiger partial charge < -0.3 is 15.7 Å². The first-order valence-corrected chi connectivity index (χ1v) is 12.0. The van der Waals surface area contributed by atoms with Gasteiger partial charge in [-0.15, -0.1) is 0 Å². The Kier molecular flexibility index (Phi) is 6.70. The van der Waals surface area contributed by atoms with Crippen molar-refractivity contribution in [2.75, 3.05) is 24.2 Å². The smallest absolute Gasteiger partial charge is 0.224 e. The molecule has 168 valence electrons. The summed E-state index contributed by atoms with van der Waals surface area (Å²) in [5.74, 6) is 1.97. The van der Waals surface area contributed by atoms with Gasteiger partial charge in [0, 0.05) is 23.8 Å². The van der Waals surface area contributed by atoms with Gasteiger partial charge in [0.2, 0.25) is 5.95 Å². The maximum absolute atomic E-state index is 9.99. The Morgan fingerprint density at radius 3 is 2.91 bits per heavy atom. The van der Waals surface area contributed by atoms with Crippen molar-refractivity contribution in [1.82, 2.24) is 14.7 Å². The Morgan fingerprint density at radius 2 is 2.19 bits per heavy atom. The molecule has 1 aromatic carbocycles. The van der Waals surface area contributed by atoms with Crippen molar-refractivity contribution >= 4 is 29.3 Å². The minimum Gasteiger partial charge on any atom is -0.392 e. The molecule has 1 aromatic heterocycles. The highest BCUT2D eigenvalue weighted by Gasteiger charge is 2.47. The molecule has 0 bridgehead atoms. The molecule has 0 aliphatic heterocycles. The van der Waals surface area contributed by atoms with E-state index in [9.17, 15) is 10.4 Å². The van der Waals surface area contributed by atoms with E-state index in [0.29, 0.717) is 30.3 Å². The third kappa shape index (κ3) is 4.60. The molecule has 2 aliphatic carbocycles. The molecule has 0 radical (unpaired) electrons. The molecule has 2 aromatic rings. The lowest BCUT2D eigenvalue weighted by molar-refractivity contribution is -0.0511. The molecule has 1 heterocycles. The maximum atomic E-state index is 9.99. The summed E-state index contributed by atoms with van der Waals surface area (Å²) in [6.07, 6.45) is 6.02. The molecule has 0 saturated heterocycles. The van der Waals surface area contributed by atoms with E-state index < -0.39 is 0 Å². The second-order valence-corrected chi connectivity index (χ2v) is 9.92. The van der Waals surface area contributed by atoms with Gasteiger partial charge in [-0.05, 0) is 48.6 Å². The van der Waals surface area contributed by atoms with Crippen molar-refractivity contribution in [3.8, 4) is 6.07 Å². The molecule has 8 heteroatoms. The van der Waals surface area contributed by atoms with E-state index in [1.165, 1.54) is 22.3 Å². The monoisotopic (exact) mass is 450 g/mol. The second-order valence-electron chi connectivity index (χ2n) is 8.93. The molecule has 7 nitrogen and oxygen atoms in total. The molecule has 1 saturated carbocycles. The molecular weight excluding hydrogens is 420 g/mol. The van der Waals surface area contributed by atoms with E-state index in [0.717, 1.165) is 18.6 Å². The number of rotatable bonds is 9. The molecule has 2 aliphatic rings. The number of fused-ring (bicyclic) bond motifs is 1. The Morgan fingerprint density at radius 1 is 1.34 bits per heavy atom. The third-order valence-electron chi connectivity index (χ3n) is 6.59. The fraction of sp³-hybridized carbons (Fsp3) is 0.458. The zero-order chi connectivity index (χ0) is 22.7. The van der Waals surface area contributed by atoms with Crippen molar-refractivity contribution in [3.05, 3.63) is 52.7 Å². The van der Waals surface area contributed by atoms with Gasteiger partial charge in [-0.3, -0.25) is 4.72 Å². The minimum atomic E-state index is -0.343. The molecule has 1 fully saturated rings. The van der Waals surface area contributed by atoms with Gasteiger partial charge in [-0.2, -0.15) is 10.2 Å². The number of hydrogen-bond acceptors (Lipinski definition) is 8. The summed E-state index contributed by atoms with van der Waals surface area (Å²) in [6, 6.07) is 8.97. The van der Waals surface area contributed by atoms with Gasteiger partial charge in [0.05, 0.1) is 12.3 Å². The highest BCUT2D eigenvalue weighted by Crippen LogP contribution is 2.42. The van der Waals surface area contributed by atoms with Gasteiger partial charge in [0.1, 0.15) is 17.5 Å². The number of aliphatic hydroxyl groups is 1. The first-order chi connectivity index (χ1) is 15.4. The SMILES string of the molecule is CNSCc1ccc2c(c1)C(CCNc1ncc(C#N)c(N[C@@H]3C[C@H](O)C3(C)C)n1)=CC2. The lowest BCUT2D eigenvalue weighted by Gasteiger charge is -2.49. The van der Waals surface area contributed by atoms with Crippen LogP contribution in [0, 0.1) is 16.7 Å². The van der Waals surface area contributed by atoms with Crippen LogP contribution in [0.15, 0.2) is 30.5 Å². The number of benzene rings is 1. The van der Waals surface area contributed by atoms with E-state index in [-0.39, 0.29) is 17.6 Å². The molecule has 0 unspecified atom stereocenters. The molecule has 4 rings (SSSR count). The van der Waals surface area contributed by atoms with Crippen molar-refractivity contribution in [2.24, 2.45) is 5.41 Å². The summed E-state index contributed by atoms with van der Waals surface area (Å²) < 4.78 is 3.13. The summed E-state index contributed by atoms with van der Waals surface area (Å²) in [5.41, 5.74) is 5.55. The highest BCUT2D eigenvalue weighted by atomic mass is 32.2. The van der Waals surface area contributed by atoms with E-state index >= 15 is 0 Å². The van der Waals surface area contributed by atoms with Crippen LogP contribution >= 0.6 is 11.9 Å². The van der Waals surface area contributed by atoms with Gasteiger partial charge >= 0.3 is 0 Å². The standard InChI is InChI=1S/C24H30N6OS/c1-24(2)20(11-21(24)31)29-22-18(12-25)13-28-23(30-22)27-9-8-17-7-6-16-5-4-15(10-19(16)17)14-32-26-3/h4-5,7,10,13,20-21,26,31H,6,8-9,11,14H2,1-3H3,(H2,27,28,29,30)/t20-,21+/m1/s1. The molecule has 32 heavy (non-hydrogen) atoms. The highest BCUT2D eigenvalue weighted by molar-refractivity contribution is 7.96. The van der Waals surface area contributed by atoms with Crippen LogP contribution in [0.3, 0.4) is 0 Å². The predicted octanol–water partition coefficient (Wildman–Crippen LogP) is 3.73. The molecule has 0 spiro atoms. The van der Waals surface area contributed by atoms with Gasteiger partial charge in [0.25, 0.3) is 0 Å². The Balaban J connectivity index is 1.38. The van der Waals surface area contributed by atoms with Crippen LogP contribution in [0.4, 0.5) is 11.8 Å². The zero-order valence-corrected chi connectivity index (χ0v) is 19.6. The van der Waals surface area contributed by atoms with Gasteiger partial charge in [-0.25, -0.2) is 4.98 Å². The van der Waals surface area contributed by atoms with Crippen molar-refractivity contribution in [2.45, 2.75) is 51.0 Å². The summed E-state index contributed by atoms with van der Waals surface area (Å²) in [7, 11) is 1.94. The van der Waals surface area contributed by atoms with E-state index in [1.807, 2.05) is 20.9 Å². The summed E-state index contributed by atoms with van der Waals surface area (Å²) in [5, 5.41) is 26.1. The number of aliphatic hydroxyl groups excluding tert-OH is 1. The van der Waals surface area contributed by atoms with Crippen LogP contribution in [0.1, 0.15) is 48.9 Å². The number of anilines is 2. The second kappa shape index (κ2) is 9.49. The van der Waals surface area contributed by atoms with E-state index in [4.69, 9.17) is 0 Å². The van der Waals surface area contributed by atoms with Gasteiger partial charge in [0.15, 0.2) is 0 Å². The average molecular weight is 451 g/mol. The molecule has 2 atom stereocenters. The quantitative estimate of drug-likeness (QED) is 0.428. The van der Waals surface area contributed by atoms with Gasteiger partial charge in [-0.1, -0.05) is 50.1 Å². The Labute approximate surface area is 193 Å². The number of nitrogens with one attached hydrogen (secondary N) is 3. The van der Waals surface area contributed by atoms with Crippen LogP contribution in [0.5, 0.6) is 0 Å². The number of nitriles is 1. The van der Waals surface area contributed by atoms with Crippen molar-refractivity contribution in [3.63, 3.8) is 0 Å². The summed E-state index contributed by atoms with van der Waals surface area (Å²) in [4.78, 5) is 8.85. The van der Waals surface area contributed by atoms with Crippen molar-refractivity contribution < 1.29 is 5.11 Å². The Hall–Kier alpha value is -2.60. The fourth-order valence-corrected chi connectivity index (χ4v) is 4.70. The maximum Gasteiger partial charge on any atom is 0.224 e. The van der Waals surface area contributed by atoms with E-state index in [1.54, 1.807) is 18.1 Å². The molecule has 0 amide bonds. The van der Waals surface area contributed by atoms with Crippen LogP contribution in [0.2, 0.25) is 0 Å². The van der Waals surface area contributed by atoms with Crippen LogP contribution in [0.25, 0.3) is 5.57 Å². The Bertz CT molecular complexity index is 1060. The molecular formula is C24H30N6OS. The largest absolute Gasteiger partial charge is 0.392 e. The van der Waals surface area contributed by atoms with Crippen molar-refractivity contribution in [1.29, 1.82) is 5.26 Å². The van der Waals surface area contributed by atoms with E-state index in [2.05, 4.69) is 55.7 Å². The third-order valence-corrected chi connectivity index (χ3v) is 7.35. The topological polar surface area (TPSA) is 106 Å². The first-order valence-electron chi connectivity index (χ1n) is 11.0. The number of hydrogen-bond donors (Lipinski definition) is 4. The average Bonchev–Trinajstić information content (AvgIpc) is 3.20. The fourth-order valence-electron chi connectivity index (χ4n) is 4.21. The van der Waals surface area contributed by atoms with Crippen LogP contribution < -0.4 is 15.4 Å². The normalized spacial score (nSPS) is 20.7. The lowest BCUT2D eigenvalue weighted by Crippen LogP contribution is -2.57. The zero-order valence-electron chi connectivity index (χ0n) is 18.8. The van der Waals surface area contributed by atoms with Crippen LogP contribution in [-0.2, 0) is 12.2 Å². The summed E-state index contributed by atoms with van der Waals surface area (Å²) in [6.45, 7) is 4.74. The number of nitrogens with zero attached hydrogens (tertiary/aromatic N) is 3. The first kappa shape index (κ1) is 22.6. The molecule has 4 N–H and O–H groups in total. The number of allylic oxidation sites excluding steroid dienone is 1. The summed E-state index contributed by atoms with van der Waals surface area (Å²) >= 11 is 1.70. The minimum absolute atomic E-state index is 0.0720.